The number of rotatable bonds is 3. The van der Waals surface area contributed by atoms with Crippen LogP contribution < -0.4 is 5.32 Å². The summed E-state index contributed by atoms with van der Waals surface area (Å²) in [5.74, 6) is -0.106. The summed E-state index contributed by atoms with van der Waals surface area (Å²) in [4.78, 5) is 28.4. The van der Waals surface area contributed by atoms with Crippen molar-refractivity contribution in [3.8, 4) is 0 Å². The monoisotopic (exact) mass is 296 g/mol. The molecule has 0 saturated heterocycles. The third kappa shape index (κ3) is 3.14. The topological polar surface area (TPSA) is 68.3 Å². The fraction of sp³-hybridized carbons (Fsp3) is 0.235. The first-order valence-corrected chi connectivity index (χ1v) is 7.19. The predicted molar refractivity (Wildman–Crippen MR) is 80.4 cm³/mol. The summed E-state index contributed by atoms with van der Waals surface area (Å²) in [6, 6.07) is 12.3. The molecule has 3 rings (SSSR count). The van der Waals surface area contributed by atoms with Gasteiger partial charge in [0.15, 0.2) is 5.78 Å². The molecule has 1 aromatic carbocycles. The average Bonchev–Trinajstić information content (AvgIpc) is 2.57. The van der Waals surface area contributed by atoms with E-state index < -0.39 is 12.1 Å². The van der Waals surface area contributed by atoms with Gasteiger partial charge in [0.1, 0.15) is 6.61 Å². The van der Waals surface area contributed by atoms with E-state index in [2.05, 4.69) is 10.3 Å². The number of hydrogen-bond donors (Lipinski definition) is 1. The van der Waals surface area contributed by atoms with Crippen LogP contribution in [0.5, 0.6) is 0 Å². The fourth-order valence-electron chi connectivity index (χ4n) is 2.51. The predicted octanol–water partition coefficient (Wildman–Crippen LogP) is 2.51. The summed E-state index contributed by atoms with van der Waals surface area (Å²) in [5, 5.41) is 2.64. The fourth-order valence-corrected chi connectivity index (χ4v) is 2.51. The molecule has 112 valence electrons. The Hall–Kier alpha value is -2.69. The molecular formula is C17H16N2O3. The Kier molecular flexibility index (Phi) is 4.14. The van der Waals surface area contributed by atoms with Crippen molar-refractivity contribution in [3.05, 3.63) is 65.5 Å². The largest absolute Gasteiger partial charge is 0.445 e. The van der Waals surface area contributed by atoms with Crippen molar-refractivity contribution in [2.75, 3.05) is 0 Å². The van der Waals surface area contributed by atoms with Crippen LogP contribution >= 0.6 is 0 Å². The maximum atomic E-state index is 12.3. The van der Waals surface area contributed by atoms with Crippen molar-refractivity contribution in [2.45, 2.75) is 25.5 Å². The van der Waals surface area contributed by atoms with E-state index in [1.165, 1.54) is 0 Å². The van der Waals surface area contributed by atoms with Crippen LogP contribution in [0.25, 0.3) is 0 Å². The Morgan fingerprint density at radius 1 is 1.23 bits per heavy atom. The molecule has 1 unspecified atom stereocenters. The maximum Gasteiger partial charge on any atom is 0.408 e. The van der Waals surface area contributed by atoms with E-state index in [1.54, 1.807) is 18.3 Å². The molecule has 0 aliphatic heterocycles. The van der Waals surface area contributed by atoms with Crippen molar-refractivity contribution in [1.29, 1.82) is 0 Å². The van der Waals surface area contributed by atoms with Gasteiger partial charge in [-0.15, -0.1) is 0 Å². The molecule has 1 amide bonds. The number of alkyl carbamates (subject to hydrolysis) is 1. The Morgan fingerprint density at radius 3 is 2.86 bits per heavy atom. The van der Waals surface area contributed by atoms with Gasteiger partial charge in [-0.1, -0.05) is 30.3 Å². The molecule has 1 aromatic heterocycles. The minimum absolute atomic E-state index is 0.106. The minimum atomic E-state index is -0.574. The number of aryl methyl sites for hydroxylation is 1. The number of Topliss-reactive ketones (excluding diaryl/α,β-unsaturated/α-hetero) is 1. The molecule has 2 aromatic rings. The number of ether oxygens (including phenoxy) is 1. The van der Waals surface area contributed by atoms with Crippen molar-refractivity contribution >= 4 is 11.9 Å². The summed E-state index contributed by atoms with van der Waals surface area (Å²) in [6.45, 7) is 0.186. The highest BCUT2D eigenvalue weighted by Crippen LogP contribution is 2.19. The molecule has 0 spiro atoms. The summed E-state index contributed by atoms with van der Waals surface area (Å²) >= 11 is 0. The molecule has 1 aliphatic carbocycles. The van der Waals surface area contributed by atoms with Crippen LogP contribution in [0, 0.1) is 0 Å². The number of carbonyl (C=O) groups excluding carboxylic acids is 2. The lowest BCUT2D eigenvalue weighted by Gasteiger charge is -2.23. The van der Waals surface area contributed by atoms with Crippen LogP contribution in [-0.2, 0) is 17.8 Å². The van der Waals surface area contributed by atoms with Crippen LogP contribution in [0.4, 0.5) is 4.79 Å². The summed E-state index contributed by atoms with van der Waals surface area (Å²) in [6.07, 6.45) is 2.32. The third-order valence-electron chi connectivity index (χ3n) is 3.65. The van der Waals surface area contributed by atoms with E-state index in [9.17, 15) is 9.59 Å². The number of ketones is 1. The molecule has 22 heavy (non-hydrogen) atoms. The van der Waals surface area contributed by atoms with E-state index in [-0.39, 0.29) is 12.4 Å². The first kappa shape index (κ1) is 14.3. The van der Waals surface area contributed by atoms with Gasteiger partial charge in [-0.05, 0) is 30.5 Å². The van der Waals surface area contributed by atoms with Gasteiger partial charge >= 0.3 is 6.09 Å². The molecule has 1 N–H and O–H groups in total. The van der Waals surface area contributed by atoms with Gasteiger partial charge in [0, 0.05) is 11.8 Å². The Bertz CT molecular complexity index is 685. The Morgan fingerprint density at radius 2 is 2.05 bits per heavy atom. The summed E-state index contributed by atoms with van der Waals surface area (Å²) < 4.78 is 5.15. The molecule has 0 radical (unpaired) electrons. The van der Waals surface area contributed by atoms with E-state index in [0.29, 0.717) is 18.4 Å². The van der Waals surface area contributed by atoms with Crippen molar-refractivity contribution in [1.82, 2.24) is 10.3 Å². The van der Waals surface area contributed by atoms with Gasteiger partial charge < -0.3 is 10.1 Å². The number of benzene rings is 1. The zero-order valence-electron chi connectivity index (χ0n) is 12.0. The number of aromatic nitrogens is 1. The third-order valence-corrected chi connectivity index (χ3v) is 3.65. The zero-order chi connectivity index (χ0) is 15.4. The molecular weight excluding hydrogens is 280 g/mol. The first-order valence-electron chi connectivity index (χ1n) is 7.19. The Labute approximate surface area is 128 Å². The lowest BCUT2D eigenvalue weighted by Crippen LogP contribution is -2.43. The summed E-state index contributed by atoms with van der Waals surface area (Å²) in [5.41, 5.74) is 2.28. The number of amides is 1. The highest BCUT2D eigenvalue weighted by Gasteiger charge is 2.29. The highest BCUT2D eigenvalue weighted by molar-refractivity contribution is 6.03. The first-order chi connectivity index (χ1) is 10.7. The standard InChI is InChI=1S/C17H16N2O3/c20-16-13-7-4-10-18-14(13)8-9-15(16)19-17(21)22-11-12-5-2-1-3-6-12/h1-7,10,15H,8-9,11H2,(H,19,21). The molecule has 1 heterocycles. The van der Waals surface area contributed by atoms with Crippen molar-refractivity contribution < 1.29 is 14.3 Å². The molecule has 1 aliphatic rings. The van der Waals surface area contributed by atoms with Crippen molar-refractivity contribution in [2.24, 2.45) is 0 Å². The summed E-state index contributed by atoms with van der Waals surface area (Å²) in [7, 11) is 0. The number of nitrogens with zero attached hydrogens (tertiary/aromatic N) is 1. The van der Waals surface area contributed by atoms with E-state index in [4.69, 9.17) is 4.74 Å². The normalized spacial score (nSPS) is 16.7. The van der Waals surface area contributed by atoms with Crippen LogP contribution in [0.1, 0.15) is 28.0 Å². The van der Waals surface area contributed by atoms with E-state index >= 15 is 0 Å². The number of nitrogens with one attached hydrogen (secondary N) is 1. The van der Waals surface area contributed by atoms with Gasteiger partial charge in [0.05, 0.1) is 11.7 Å². The van der Waals surface area contributed by atoms with Gasteiger partial charge in [-0.25, -0.2) is 4.79 Å². The minimum Gasteiger partial charge on any atom is -0.445 e. The van der Waals surface area contributed by atoms with Gasteiger partial charge in [-0.2, -0.15) is 0 Å². The number of carbonyl (C=O) groups is 2. The highest BCUT2D eigenvalue weighted by atomic mass is 16.5. The second-order valence-electron chi connectivity index (χ2n) is 5.16. The molecule has 0 bridgehead atoms. The van der Waals surface area contributed by atoms with Crippen LogP contribution in [-0.4, -0.2) is 22.9 Å². The molecule has 1 atom stereocenters. The van der Waals surface area contributed by atoms with E-state index in [0.717, 1.165) is 11.3 Å². The molecule has 5 nitrogen and oxygen atoms in total. The quantitative estimate of drug-likeness (QED) is 0.945. The van der Waals surface area contributed by atoms with Gasteiger partial charge in [0.2, 0.25) is 0 Å². The van der Waals surface area contributed by atoms with Crippen molar-refractivity contribution in [3.63, 3.8) is 0 Å². The second-order valence-corrected chi connectivity index (χ2v) is 5.16. The van der Waals surface area contributed by atoms with Gasteiger partial charge in [-0.3, -0.25) is 9.78 Å². The molecule has 5 heteroatoms. The lowest BCUT2D eigenvalue weighted by molar-refractivity contribution is 0.0899. The smallest absolute Gasteiger partial charge is 0.408 e. The number of fused-ring (bicyclic) bond motifs is 1. The number of pyridine rings is 1. The van der Waals surface area contributed by atoms with Crippen LogP contribution in [0.3, 0.4) is 0 Å². The van der Waals surface area contributed by atoms with Crippen LogP contribution in [0.15, 0.2) is 48.7 Å². The Balaban J connectivity index is 1.57. The maximum absolute atomic E-state index is 12.3. The average molecular weight is 296 g/mol. The van der Waals surface area contributed by atoms with E-state index in [1.807, 2.05) is 30.3 Å². The molecule has 0 saturated carbocycles. The second kappa shape index (κ2) is 6.39. The molecule has 0 fully saturated rings. The lowest BCUT2D eigenvalue weighted by atomic mass is 9.91. The zero-order valence-corrected chi connectivity index (χ0v) is 12.0. The van der Waals surface area contributed by atoms with Gasteiger partial charge in [0.25, 0.3) is 0 Å². The number of hydrogen-bond acceptors (Lipinski definition) is 4. The van der Waals surface area contributed by atoms with Crippen LogP contribution in [0.2, 0.25) is 0 Å². The SMILES string of the molecule is O=C(NC1CCc2ncccc2C1=O)OCc1ccccc1.